The van der Waals surface area contributed by atoms with Crippen LogP contribution in [0, 0.1) is 11.5 Å². The minimum atomic E-state index is -1.05. The summed E-state index contributed by atoms with van der Waals surface area (Å²) < 4.78 is 5.60. The van der Waals surface area contributed by atoms with Crippen molar-refractivity contribution in [2.24, 2.45) is 4.99 Å². The second-order valence-corrected chi connectivity index (χ2v) is 5.05. The second-order valence-electron chi connectivity index (χ2n) is 4.26. The predicted octanol–water partition coefficient (Wildman–Crippen LogP) is 3.60. The topological polar surface area (TPSA) is 94.7 Å². The number of carboxylic acid groups (broad SMARTS) is 1. The van der Waals surface area contributed by atoms with Crippen molar-refractivity contribution >= 4 is 28.6 Å². The number of para-hydroxylation sites is 1. The van der Waals surface area contributed by atoms with Crippen molar-refractivity contribution in [2.75, 3.05) is 6.26 Å². The van der Waals surface area contributed by atoms with Crippen LogP contribution in [-0.4, -0.2) is 22.5 Å². The molecule has 0 spiro atoms. The van der Waals surface area contributed by atoms with Crippen molar-refractivity contribution in [3.05, 3.63) is 54.1 Å². The Hall–Kier alpha value is -2.98. The molecule has 0 amide bonds. The van der Waals surface area contributed by atoms with Crippen LogP contribution in [0.2, 0.25) is 0 Å². The van der Waals surface area contributed by atoms with Gasteiger partial charge in [-0.3, -0.25) is 5.32 Å². The van der Waals surface area contributed by atoms with Crippen molar-refractivity contribution < 1.29 is 14.6 Å². The fourth-order valence-electron chi connectivity index (χ4n) is 1.74. The van der Waals surface area contributed by atoms with E-state index in [1.165, 1.54) is 17.8 Å². The summed E-state index contributed by atoms with van der Waals surface area (Å²) in [5.74, 6) is -0.280. The SMILES string of the molecule is CSC(=Nc1ccc(Oc2ccccc2C(=O)O)cc1)NC#N. The lowest BCUT2D eigenvalue weighted by Gasteiger charge is -2.08. The van der Waals surface area contributed by atoms with Crippen LogP contribution < -0.4 is 10.1 Å². The Kier molecular flexibility index (Phi) is 5.61. The van der Waals surface area contributed by atoms with Crippen molar-refractivity contribution in [3.63, 3.8) is 0 Å². The van der Waals surface area contributed by atoms with Crippen molar-refractivity contribution in [3.8, 4) is 17.7 Å². The van der Waals surface area contributed by atoms with Gasteiger partial charge in [0.05, 0.1) is 5.69 Å². The smallest absolute Gasteiger partial charge is 0.339 e. The molecular weight excluding hydrogens is 314 g/mol. The molecule has 0 aliphatic heterocycles. The Morgan fingerprint density at radius 3 is 2.57 bits per heavy atom. The molecule has 2 rings (SSSR count). The van der Waals surface area contributed by atoms with Gasteiger partial charge in [0.1, 0.15) is 17.1 Å². The van der Waals surface area contributed by atoms with E-state index in [9.17, 15) is 4.79 Å². The van der Waals surface area contributed by atoms with Crippen LogP contribution in [-0.2, 0) is 0 Å². The van der Waals surface area contributed by atoms with Gasteiger partial charge < -0.3 is 9.84 Å². The van der Waals surface area contributed by atoms with Gasteiger partial charge in [-0.25, -0.2) is 9.79 Å². The molecular formula is C16H13N3O3S. The van der Waals surface area contributed by atoms with Gasteiger partial charge in [-0.05, 0) is 42.7 Å². The quantitative estimate of drug-likeness (QED) is 0.385. The maximum atomic E-state index is 11.1. The van der Waals surface area contributed by atoms with Crippen LogP contribution in [0.4, 0.5) is 5.69 Å². The molecule has 0 saturated heterocycles. The molecule has 0 atom stereocenters. The highest BCUT2D eigenvalue weighted by Crippen LogP contribution is 2.27. The maximum absolute atomic E-state index is 11.1. The molecule has 7 heteroatoms. The first kappa shape index (κ1) is 16.4. The predicted molar refractivity (Wildman–Crippen MR) is 89.3 cm³/mol. The molecule has 2 aromatic carbocycles. The largest absolute Gasteiger partial charge is 0.478 e. The summed E-state index contributed by atoms with van der Waals surface area (Å²) in [4.78, 5) is 15.4. The van der Waals surface area contributed by atoms with E-state index in [1.807, 2.05) is 12.4 Å². The van der Waals surface area contributed by atoms with Crippen molar-refractivity contribution in [1.29, 1.82) is 5.26 Å². The maximum Gasteiger partial charge on any atom is 0.339 e. The summed E-state index contributed by atoms with van der Waals surface area (Å²) >= 11 is 1.32. The second kappa shape index (κ2) is 7.87. The number of hydrogen-bond acceptors (Lipinski definition) is 5. The Morgan fingerprint density at radius 2 is 1.96 bits per heavy atom. The zero-order valence-electron chi connectivity index (χ0n) is 12.2. The fourth-order valence-corrected chi connectivity index (χ4v) is 2.08. The van der Waals surface area contributed by atoms with Crippen LogP contribution >= 0.6 is 11.8 Å². The number of thioether (sulfide) groups is 1. The van der Waals surface area contributed by atoms with Gasteiger partial charge >= 0.3 is 5.97 Å². The first-order valence-corrected chi connectivity index (χ1v) is 7.74. The molecule has 2 N–H and O–H groups in total. The lowest BCUT2D eigenvalue weighted by atomic mass is 10.2. The van der Waals surface area contributed by atoms with E-state index in [2.05, 4.69) is 10.3 Å². The lowest BCUT2D eigenvalue weighted by Crippen LogP contribution is -2.12. The molecule has 0 radical (unpaired) electrons. The monoisotopic (exact) mass is 327 g/mol. The molecule has 0 aliphatic carbocycles. The highest BCUT2D eigenvalue weighted by Gasteiger charge is 2.10. The van der Waals surface area contributed by atoms with E-state index in [-0.39, 0.29) is 11.3 Å². The average molecular weight is 327 g/mol. The third-order valence-electron chi connectivity index (χ3n) is 2.77. The summed E-state index contributed by atoms with van der Waals surface area (Å²) in [6.07, 6.45) is 3.63. The third kappa shape index (κ3) is 4.49. The number of benzene rings is 2. The number of carbonyl (C=O) groups is 1. The number of aliphatic imine (C=N–C) groups is 1. The average Bonchev–Trinajstić information content (AvgIpc) is 2.56. The molecule has 0 bridgehead atoms. The fraction of sp³-hybridized carbons (Fsp3) is 0.0625. The minimum absolute atomic E-state index is 0.0949. The summed E-state index contributed by atoms with van der Waals surface area (Å²) in [6.45, 7) is 0. The van der Waals surface area contributed by atoms with Gasteiger partial charge in [-0.1, -0.05) is 23.9 Å². The lowest BCUT2D eigenvalue weighted by molar-refractivity contribution is 0.0694. The molecule has 0 saturated carbocycles. The number of amidine groups is 1. The molecule has 23 heavy (non-hydrogen) atoms. The molecule has 116 valence electrons. The van der Waals surface area contributed by atoms with Crippen LogP contribution in [0.5, 0.6) is 11.5 Å². The van der Waals surface area contributed by atoms with Gasteiger partial charge in [0.15, 0.2) is 11.4 Å². The van der Waals surface area contributed by atoms with E-state index in [0.717, 1.165) is 0 Å². The van der Waals surface area contributed by atoms with Crippen molar-refractivity contribution in [1.82, 2.24) is 5.32 Å². The van der Waals surface area contributed by atoms with Crippen LogP contribution in [0.25, 0.3) is 0 Å². The summed E-state index contributed by atoms with van der Waals surface area (Å²) in [5, 5.41) is 20.7. The highest BCUT2D eigenvalue weighted by molar-refractivity contribution is 8.13. The summed E-state index contributed by atoms with van der Waals surface area (Å²) in [5.41, 5.74) is 0.744. The number of ether oxygens (including phenoxy) is 1. The first-order chi connectivity index (χ1) is 11.1. The molecule has 0 aliphatic rings. The molecule has 0 aromatic heterocycles. The minimum Gasteiger partial charge on any atom is -0.478 e. The number of hydrogen-bond donors (Lipinski definition) is 2. The Morgan fingerprint density at radius 1 is 1.26 bits per heavy atom. The van der Waals surface area contributed by atoms with Crippen LogP contribution in [0.3, 0.4) is 0 Å². The van der Waals surface area contributed by atoms with Crippen molar-refractivity contribution in [2.45, 2.75) is 0 Å². The Bertz CT molecular complexity index is 767. The summed E-state index contributed by atoms with van der Waals surface area (Å²) in [6, 6.07) is 13.2. The zero-order valence-corrected chi connectivity index (χ0v) is 13.0. The number of nitrogens with zero attached hydrogens (tertiary/aromatic N) is 2. The number of rotatable bonds is 4. The number of carboxylic acids is 1. The Balaban J connectivity index is 2.18. The van der Waals surface area contributed by atoms with Crippen LogP contribution in [0.15, 0.2) is 53.5 Å². The van der Waals surface area contributed by atoms with E-state index in [4.69, 9.17) is 15.1 Å². The van der Waals surface area contributed by atoms with E-state index in [1.54, 1.807) is 42.5 Å². The molecule has 0 unspecified atom stereocenters. The molecule has 0 heterocycles. The van der Waals surface area contributed by atoms with Crippen LogP contribution in [0.1, 0.15) is 10.4 Å². The van der Waals surface area contributed by atoms with Gasteiger partial charge in [0.2, 0.25) is 0 Å². The number of nitriles is 1. The van der Waals surface area contributed by atoms with Gasteiger partial charge in [-0.15, -0.1) is 0 Å². The number of nitrogens with one attached hydrogen (secondary N) is 1. The zero-order chi connectivity index (χ0) is 16.7. The third-order valence-corrected chi connectivity index (χ3v) is 3.35. The molecule has 0 fully saturated rings. The van der Waals surface area contributed by atoms with E-state index in [0.29, 0.717) is 16.6 Å². The Labute approximate surface area is 137 Å². The van der Waals surface area contributed by atoms with Gasteiger partial charge in [-0.2, -0.15) is 5.26 Å². The van der Waals surface area contributed by atoms with Gasteiger partial charge in [0, 0.05) is 0 Å². The number of aromatic carboxylic acids is 1. The first-order valence-electron chi connectivity index (χ1n) is 6.52. The normalized spacial score (nSPS) is 10.7. The molecule has 6 nitrogen and oxygen atoms in total. The summed E-state index contributed by atoms with van der Waals surface area (Å²) in [7, 11) is 0. The van der Waals surface area contributed by atoms with E-state index >= 15 is 0 Å². The highest BCUT2D eigenvalue weighted by atomic mass is 32.2. The molecule has 2 aromatic rings. The van der Waals surface area contributed by atoms with Gasteiger partial charge in [0.25, 0.3) is 0 Å². The standard InChI is InChI=1S/C16H13N3O3S/c1-23-16(18-10-17)19-11-6-8-12(9-7-11)22-14-5-3-2-4-13(14)15(20)21/h2-9H,1H3,(H,18,19)(H,20,21). The van der Waals surface area contributed by atoms with E-state index < -0.39 is 5.97 Å².